The van der Waals surface area contributed by atoms with Gasteiger partial charge in [0.05, 0.1) is 31.6 Å². The zero-order chi connectivity index (χ0) is 17.6. The lowest BCUT2D eigenvalue weighted by Crippen LogP contribution is -2.41. The Morgan fingerprint density at radius 1 is 1.32 bits per heavy atom. The van der Waals surface area contributed by atoms with E-state index in [9.17, 15) is 4.79 Å². The van der Waals surface area contributed by atoms with Crippen LogP contribution >= 0.6 is 11.6 Å². The SMILES string of the molecule is O=C(O)c1cnc(NCC(c2cccc(Cl)c2)N2CCOCC2)cn1. The van der Waals surface area contributed by atoms with Crippen molar-refractivity contribution < 1.29 is 14.6 Å². The van der Waals surface area contributed by atoms with E-state index in [2.05, 4.69) is 20.2 Å². The Kier molecular flexibility index (Phi) is 5.80. The highest BCUT2D eigenvalue weighted by Crippen LogP contribution is 2.24. The van der Waals surface area contributed by atoms with Gasteiger partial charge >= 0.3 is 5.97 Å². The number of halogens is 1. The normalized spacial score (nSPS) is 16.4. The van der Waals surface area contributed by atoms with E-state index in [0.29, 0.717) is 30.6 Å². The third-order valence-electron chi connectivity index (χ3n) is 4.07. The van der Waals surface area contributed by atoms with Gasteiger partial charge in [0, 0.05) is 24.7 Å². The van der Waals surface area contributed by atoms with Crippen LogP contribution in [0.25, 0.3) is 0 Å². The molecular weight excluding hydrogens is 344 g/mol. The average Bonchev–Trinajstić information content (AvgIpc) is 2.63. The van der Waals surface area contributed by atoms with E-state index < -0.39 is 5.97 Å². The summed E-state index contributed by atoms with van der Waals surface area (Å²) in [5.41, 5.74) is 1.03. The molecule has 1 aliphatic rings. The highest BCUT2D eigenvalue weighted by atomic mass is 35.5. The Labute approximate surface area is 150 Å². The standard InChI is InChI=1S/C17H19ClN4O3/c18-13-3-1-2-12(8-13)15(22-4-6-25-7-5-22)10-21-16-11-19-14(9-20-16)17(23)24/h1-3,8-9,11,15H,4-7,10H2,(H,20,21)(H,23,24). The largest absolute Gasteiger partial charge is 0.476 e. The molecule has 2 aromatic rings. The number of anilines is 1. The molecule has 8 heteroatoms. The third-order valence-corrected chi connectivity index (χ3v) is 4.30. The van der Waals surface area contributed by atoms with Gasteiger partial charge in [-0.05, 0) is 17.7 Å². The Balaban J connectivity index is 1.74. The summed E-state index contributed by atoms with van der Waals surface area (Å²) < 4.78 is 5.44. The quantitative estimate of drug-likeness (QED) is 0.815. The lowest BCUT2D eigenvalue weighted by atomic mass is 10.0. The molecule has 3 rings (SSSR count). The van der Waals surface area contributed by atoms with Gasteiger partial charge in [-0.25, -0.2) is 14.8 Å². The Morgan fingerprint density at radius 3 is 2.76 bits per heavy atom. The first-order chi connectivity index (χ1) is 12.1. The fourth-order valence-electron chi connectivity index (χ4n) is 2.79. The molecule has 0 saturated carbocycles. The number of aromatic nitrogens is 2. The number of ether oxygens (including phenoxy) is 1. The Morgan fingerprint density at radius 2 is 2.12 bits per heavy atom. The lowest BCUT2D eigenvalue weighted by Gasteiger charge is -2.35. The number of aromatic carboxylic acids is 1. The molecule has 2 N–H and O–H groups in total. The number of nitrogens with one attached hydrogen (secondary N) is 1. The minimum absolute atomic E-state index is 0.0786. The number of nitrogens with zero attached hydrogens (tertiary/aromatic N) is 3. The highest BCUT2D eigenvalue weighted by molar-refractivity contribution is 6.30. The van der Waals surface area contributed by atoms with Gasteiger partial charge in [-0.3, -0.25) is 4.90 Å². The van der Waals surface area contributed by atoms with E-state index >= 15 is 0 Å². The van der Waals surface area contributed by atoms with Crippen LogP contribution in [0.1, 0.15) is 22.1 Å². The second-order valence-corrected chi connectivity index (χ2v) is 6.13. The predicted octanol–water partition coefficient (Wildman–Crippen LogP) is 2.31. The second kappa shape index (κ2) is 8.24. The first-order valence-electron chi connectivity index (χ1n) is 8.00. The van der Waals surface area contributed by atoms with Gasteiger partial charge in [0.25, 0.3) is 0 Å². The summed E-state index contributed by atoms with van der Waals surface area (Å²) in [5.74, 6) is -0.561. The predicted molar refractivity (Wildman–Crippen MR) is 94.1 cm³/mol. The minimum Gasteiger partial charge on any atom is -0.476 e. The molecule has 1 unspecified atom stereocenters. The van der Waals surface area contributed by atoms with Gasteiger partial charge in [-0.1, -0.05) is 23.7 Å². The van der Waals surface area contributed by atoms with Crippen molar-refractivity contribution in [3.8, 4) is 0 Å². The Bertz CT molecular complexity index is 720. The van der Waals surface area contributed by atoms with Gasteiger partial charge < -0.3 is 15.2 Å². The van der Waals surface area contributed by atoms with E-state index in [0.717, 1.165) is 18.7 Å². The molecular formula is C17H19ClN4O3. The van der Waals surface area contributed by atoms with Crippen LogP contribution in [-0.2, 0) is 4.74 Å². The fraction of sp³-hybridized carbons (Fsp3) is 0.353. The molecule has 0 aliphatic carbocycles. The average molecular weight is 363 g/mol. The summed E-state index contributed by atoms with van der Waals surface area (Å²) in [7, 11) is 0. The summed E-state index contributed by atoms with van der Waals surface area (Å²) in [6, 6.07) is 7.90. The number of carboxylic acid groups (broad SMARTS) is 1. The number of rotatable bonds is 6. The van der Waals surface area contributed by atoms with Gasteiger partial charge in [-0.15, -0.1) is 0 Å². The number of hydrogen-bond donors (Lipinski definition) is 2. The van der Waals surface area contributed by atoms with Crippen molar-refractivity contribution >= 4 is 23.4 Å². The summed E-state index contributed by atoms with van der Waals surface area (Å²) in [6.45, 7) is 3.67. The maximum absolute atomic E-state index is 10.8. The van der Waals surface area contributed by atoms with Crippen molar-refractivity contribution in [2.75, 3.05) is 38.2 Å². The zero-order valence-electron chi connectivity index (χ0n) is 13.6. The summed E-state index contributed by atoms with van der Waals surface area (Å²) in [6.07, 6.45) is 2.67. The molecule has 25 heavy (non-hydrogen) atoms. The molecule has 132 valence electrons. The Hall–Kier alpha value is -2.22. The van der Waals surface area contributed by atoms with Crippen LogP contribution in [0.3, 0.4) is 0 Å². The summed E-state index contributed by atoms with van der Waals surface area (Å²) >= 11 is 6.15. The number of morpholine rings is 1. The fourth-order valence-corrected chi connectivity index (χ4v) is 2.99. The van der Waals surface area contributed by atoms with Crippen molar-refractivity contribution in [1.82, 2.24) is 14.9 Å². The van der Waals surface area contributed by atoms with Crippen LogP contribution in [0.5, 0.6) is 0 Å². The van der Waals surface area contributed by atoms with E-state index in [1.165, 1.54) is 12.4 Å². The monoisotopic (exact) mass is 362 g/mol. The van der Waals surface area contributed by atoms with Gasteiger partial charge in [0.1, 0.15) is 5.82 Å². The molecule has 1 saturated heterocycles. The first kappa shape index (κ1) is 17.6. The molecule has 1 aliphatic heterocycles. The number of benzene rings is 1. The van der Waals surface area contributed by atoms with Crippen LogP contribution in [0.2, 0.25) is 5.02 Å². The zero-order valence-corrected chi connectivity index (χ0v) is 14.3. The molecule has 7 nitrogen and oxygen atoms in total. The maximum Gasteiger partial charge on any atom is 0.356 e. The summed E-state index contributed by atoms with van der Waals surface area (Å²) in [4.78, 5) is 21.2. The summed E-state index contributed by atoms with van der Waals surface area (Å²) in [5, 5.41) is 12.8. The maximum atomic E-state index is 10.8. The van der Waals surface area contributed by atoms with E-state index in [-0.39, 0.29) is 11.7 Å². The van der Waals surface area contributed by atoms with E-state index in [1.54, 1.807) is 0 Å². The van der Waals surface area contributed by atoms with Crippen LogP contribution < -0.4 is 5.32 Å². The number of carboxylic acids is 1. The van der Waals surface area contributed by atoms with Crippen molar-refractivity contribution in [2.24, 2.45) is 0 Å². The smallest absolute Gasteiger partial charge is 0.356 e. The lowest BCUT2D eigenvalue weighted by molar-refractivity contribution is 0.0187. The van der Waals surface area contributed by atoms with Crippen molar-refractivity contribution in [2.45, 2.75) is 6.04 Å². The van der Waals surface area contributed by atoms with E-state index in [1.807, 2.05) is 24.3 Å². The molecule has 1 fully saturated rings. The van der Waals surface area contributed by atoms with Crippen LogP contribution in [-0.4, -0.2) is 58.8 Å². The van der Waals surface area contributed by atoms with Gasteiger partial charge in [0.2, 0.25) is 0 Å². The molecule has 0 bridgehead atoms. The minimum atomic E-state index is -1.09. The number of carbonyl (C=O) groups is 1. The molecule has 0 amide bonds. The van der Waals surface area contributed by atoms with Crippen LogP contribution in [0.4, 0.5) is 5.82 Å². The van der Waals surface area contributed by atoms with Crippen LogP contribution in [0.15, 0.2) is 36.7 Å². The van der Waals surface area contributed by atoms with Crippen molar-refractivity contribution in [3.63, 3.8) is 0 Å². The molecule has 0 radical (unpaired) electrons. The second-order valence-electron chi connectivity index (χ2n) is 5.69. The molecule has 2 heterocycles. The third kappa shape index (κ3) is 4.66. The van der Waals surface area contributed by atoms with Crippen molar-refractivity contribution in [3.05, 3.63) is 52.9 Å². The van der Waals surface area contributed by atoms with Gasteiger partial charge in [-0.2, -0.15) is 0 Å². The molecule has 0 spiro atoms. The highest BCUT2D eigenvalue weighted by Gasteiger charge is 2.23. The van der Waals surface area contributed by atoms with Crippen molar-refractivity contribution in [1.29, 1.82) is 0 Å². The number of hydrogen-bond acceptors (Lipinski definition) is 6. The molecule has 1 aromatic heterocycles. The van der Waals surface area contributed by atoms with Gasteiger partial charge in [0.15, 0.2) is 5.69 Å². The molecule has 1 atom stereocenters. The first-order valence-corrected chi connectivity index (χ1v) is 8.38. The molecule has 1 aromatic carbocycles. The van der Waals surface area contributed by atoms with E-state index in [4.69, 9.17) is 21.4 Å². The van der Waals surface area contributed by atoms with Crippen LogP contribution in [0, 0.1) is 0 Å². The topological polar surface area (TPSA) is 87.6 Å².